The van der Waals surface area contributed by atoms with E-state index < -0.39 is 0 Å². The molecular weight excluding hydrogens is 663 g/mol. The van der Waals surface area contributed by atoms with Gasteiger partial charge in [-0.1, -0.05) is 167 Å². The van der Waals surface area contributed by atoms with Crippen LogP contribution in [-0.4, -0.2) is 4.57 Å². The van der Waals surface area contributed by atoms with Crippen molar-refractivity contribution in [3.05, 3.63) is 198 Å². The van der Waals surface area contributed by atoms with Crippen molar-refractivity contribution >= 4 is 21.8 Å². The van der Waals surface area contributed by atoms with Gasteiger partial charge in [0.25, 0.3) is 0 Å². The lowest BCUT2D eigenvalue weighted by atomic mass is 9.81. The molecule has 9 aromatic rings. The Kier molecular flexibility index (Phi) is 6.72. The molecule has 0 unspecified atom stereocenters. The Bertz CT molecular complexity index is 3010. The molecule has 1 heterocycles. The minimum Gasteiger partial charge on any atom is -0.309 e. The average Bonchev–Trinajstić information content (AvgIpc) is 3.77. The van der Waals surface area contributed by atoms with E-state index >= 15 is 0 Å². The molecule has 0 aliphatic heterocycles. The Morgan fingerprint density at radius 3 is 1.49 bits per heavy atom. The van der Waals surface area contributed by atoms with E-state index in [1.807, 2.05) is 0 Å². The molecule has 2 aliphatic carbocycles. The predicted molar refractivity (Wildman–Crippen MR) is 232 cm³/mol. The summed E-state index contributed by atoms with van der Waals surface area (Å²) in [6.07, 6.45) is 0. The molecule has 0 bridgehead atoms. The maximum atomic E-state index is 2.46. The first-order chi connectivity index (χ1) is 26.8. The van der Waals surface area contributed by atoms with Gasteiger partial charge in [0.1, 0.15) is 0 Å². The molecule has 2 aliphatic rings. The molecule has 1 aromatic heterocycles. The summed E-state index contributed by atoms with van der Waals surface area (Å²) in [4.78, 5) is 0. The summed E-state index contributed by atoms with van der Waals surface area (Å²) in [6, 6.07) is 65.7. The van der Waals surface area contributed by atoms with Crippen molar-refractivity contribution in [3.63, 3.8) is 0 Å². The van der Waals surface area contributed by atoms with Gasteiger partial charge in [0.2, 0.25) is 0 Å². The molecule has 55 heavy (non-hydrogen) atoms. The molecule has 0 radical (unpaired) electrons. The maximum Gasteiger partial charge on any atom is 0.0619 e. The highest BCUT2D eigenvalue weighted by Gasteiger charge is 2.37. The highest BCUT2D eigenvalue weighted by atomic mass is 15.0. The van der Waals surface area contributed by atoms with Crippen LogP contribution >= 0.6 is 0 Å². The third-order valence-electron chi connectivity index (χ3n) is 12.8. The van der Waals surface area contributed by atoms with Gasteiger partial charge >= 0.3 is 0 Å². The van der Waals surface area contributed by atoms with Gasteiger partial charge in [-0.15, -0.1) is 0 Å². The summed E-state index contributed by atoms with van der Waals surface area (Å²) in [7, 11) is 0. The number of nitrogens with zero attached hydrogens (tertiary/aromatic N) is 1. The van der Waals surface area contributed by atoms with Crippen LogP contribution in [0.15, 0.2) is 176 Å². The van der Waals surface area contributed by atoms with Crippen LogP contribution in [0.2, 0.25) is 0 Å². The van der Waals surface area contributed by atoms with Crippen LogP contribution in [0, 0.1) is 0 Å². The second-order valence-corrected chi connectivity index (χ2v) is 16.5. The smallest absolute Gasteiger partial charge is 0.0619 e. The summed E-state index contributed by atoms with van der Waals surface area (Å²) in [5, 5.41) is 2.54. The first-order valence-corrected chi connectivity index (χ1v) is 19.5. The standard InChI is InChI=1S/C54H41N/c1-53(2)47-19-10-8-15-41(47)44-31-36(23-28-48(44)53)37-24-29-49-45(32-37)46-33-38(25-30-50(46)54(49,3)4)40-17-12-18-43-42-16-9-11-20-51(42)55(52(40)43)39-26-21-35(22-27-39)34-13-6-5-7-14-34/h5-33H,1-4H3. The van der Waals surface area contributed by atoms with Crippen LogP contribution in [-0.2, 0) is 10.8 Å². The van der Waals surface area contributed by atoms with E-state index in [9.17, 15) is 0 Å². The molecule has 0 saturated heterocycles. The Labute approximate surface area is 323 Å². The fourth-order valence-electron chi connectivity index (χ4n) is 9.97. The van der Waals surface area contributed by atoms with Crippen molar-refractivity contribution in [2.45, 2.75) is 38.5 Å². The van der Waals surface area contributed by atoms with Crippen LogP contribution in [0.3, 0.4) is 0 Å². The second-order valence-electron chi connectivity index (χ2n) is 16.5. The molecule has 0 fully saturated rings. The second kappa shape index (κ2) is 11.5. The maximum absolute atomic E-state index is 2.46. The lowest BCUT2D eigenvalue weighted by Gasteiger charge is -2.22. The van der Waals surface area contributed by atoms with Gasteiger partial charge in [-0.3, -0.25) is 0 Å². The van der Waals surface area contributed by atoms with E-state index in [2.05, 4.69) is 208 Å². The summed E-state index contributed by atoms with van der Waals surface area (Å²) in [6.45, 7) is 9.46. The number of para-hydroxylation sites is 2. The average molecular weight is 704 g/mol. The molecule has 11 rings (SSSR count). The normalized spacial score (nSPS) is 14.5. The zero-order chi connectivity index (χ0) is 37.1. The van der Waals surface area contributed by atoms with Gasteiger partial charge < -0.3 is 4.57 Å². The zero-order valence-electron chi connectivity index (χ0n) is 31.7. The van der Waals surface area contributed by atoms with Gasteiger partial charge in [-0.05, 0) is 109 Å². The van der Waals surface area contributed by atoms with Crippen LogP contribution in [0.1, 0.15) is 49.9 Å². The van der Waals surface area contributed by atoms with E-state index in [4.69, 9.17) is 0 Å². The molecule has 0 N–H and O–H groups in total. The summed E-state index contributed by atoms with van der Waals surface area (Å²) in [5.74, 6) is 0. The van der Waals surface area contributed by atoms with Crippen molar-refractivity contribution in [2.24, 2.45) is 0 Å². The monoisotopic (exact) mass is 703 g/mol. The Morgan fingerprint density at radius 1 is 0.327 bits per heavy atom. The van der Waals surface area contributed by atoms with E-state index in [-0.39, 0.29) is 10.8 Å². The lowest BCUT2D eigenvalue weighted by molar-refractivity contribution is 0.660. The Balaban J connectivity index is 1.06. The fourth-order valence-corrected chi connectivity index (χ4v) is 9.97. The molecule has 0 atom stereocenters. The largest absolute Gasteiger partial charge is 0.309 e. The number of hydrogen-bond acceptors (Lipinski definition) is 0. The topological polar surface area (TPSA) is 4.93 Å². The zero-order valence-corrected chi connectivity index (χ0v) is 31.7. The number of hydrogen-bond donors (Lipinski definition) is 0. The van der Waals surface area contributed by atoms with Crippen molar-refractivity contribution in [1.29, 1.82) is 0 Å². The van der Waals surface area contributed by atoms with Gasteiger partial charge in [-0.2, -0.15) is 0 Å². The molecule has 0 spiro atoms. The van der Waals surface area contributed by atoms with E-state index in [1.54, 1.807) is 0 Å². The SMILES string of the molecule is CC1(C)c2ccccc2-c2cc(-c3ccc4c(c3)-c3cc(-c5cccc6c7ccccc7n(-c7ccc(-c8ccccc8)cc7)c56)ccc3C4(C)C)ccc21. The fraction of sp³-hybridized carbons (Fsp3) is 0.111. The number of aromatic nitrogens is 1. The first-order valence-electron chi connectivity index (χ1n) is 19.5. The number of fused-ring (bicyclic) bond motifs is 9. The summed E-state index contributed by atoms with van der Waals surface area (Å²) >= 11 is 0. The molecule has 1 heteroatoms. The summed E-state index contributed by atoms with van der Waals surface area (Å²) in [5.41, 5.74) is 22.0. The van der Waals surface area contributed by atoms with Gasteiger partial charge in [0.15, 0.2) is 0 Å². The van der Waals surface area contributed by atoms with Gasteiger partial charge in [0, 0.05) is 32.9 Å². The van der Waals surface area contributed by atoms with Crippen LogP contribution < -0.4 is 0 Å². The van der Waals surface area contributed by atoms with Crippen molar-refractivity contribution in [1.82, 2.24) is 4.57 Å². The molecule has 0 saturated carbocycles. The highest BCUT2D eigenvalue weighted by Crippen LogP contribution is 2.53. The van der Waals surface area contributed by atoms with Crippen molar-refractivity contribution < 1.29 is 0 Å². The lowest BCUT2D eigenvalue weighted by Crippen LogP contribution is -2.15. The van der Waals surface area contributed by atoms with Crippen molar-refractivity contribution in [3.8, 4) is 61.3 Å². The minimum absolute atomic E-state index is 0.00192. The number of rotatable bonds is 4. The Hall–Kier alpha value is -6.44. The third-order valence-corrected chi connectivity index (χ3v) is 12.8. The van der Waals surface area contributed by atoms with Gasteiger partial charge in [-0.25, -0.2) is 0 Å². The van der Waals surface area contributed by atoms with Gasteiger partial charge in [0.05, 0.1) is 11.0 Å². The molecule has 1 nitrogen and oxygen atoms in total. The molecule has 262 valence electrons. The Morgan fingerprint density at radius 2 is 0.800 bits per heavy atom. The summed E-state index contributed by atoms with van der Waals surface area (Å²) < 4.78 is 2.46. The van der Waals surface area contributed by atoms with E-state index in [0.29, 0.717) is 0 Å². The van der Waals surface area contributed by atoms with Crippen LogP contribution in [0.4, 0.5) is 0 Å². The third kappa shape index (κ3) is 4.60. The van der Waals surface area contributed by atoms with Crippen molar-refractivity contribution in [2.75, 3.05) is 0 Å². The van der Waals surface area contributed by atoms with Crippen LogP contribution in [0.25, 0.3) is 83.1 Å². The molecular formula is C54H41N. The molecule has 8 aromatic carbocycles. The van der Waals surface area contributed by atoms with E-state index in [0.717, 1.165) is 5.69 Å². The number of benzene rings is 8. The first kappa shape index (κ1) is 32.0. The highest BCUT2D eigenvalue weighted by molar-refractivity contribution is 6.14. The van der Waals surface area contributed by atoms with Crippen LogP contribution in [0.5, 0.6) is 0 Å². The molecule has 0 amide bonds. The quantitative estimate of drug-likeness (QED) is 0.172. The predicted octanol–water partition coefficient (Wildman–Crippen LogP) is 14.4. The minimum atomic E-state index is -0.0932. The van der Waals surface area contributed by atoms with E-state index in [1.165, 1.54) is 99.7 Å².